The largest absolute Gasteiger partial charge is 0.497 e. The van der Waals surface area contributed by atoms with E-state index in [4.69, 9.17) is 37.7 Å². The van der Waals surface area contributed by atoms with Crippen LogP contribution in [0.4, 0.5) is 0 Å². The molecule has 0 aliphatic carbocycles. The van der Waals surface area contributed by atoms with Crippen LogP contribution in [0.15, 0.2) is 57.2 Å². The standard InChI is InChI=1S/C23H20Cl2N4O3S2/c1-13(2)32-22(30)20-21(29(28-27-20)11-14-4-7-16(31-3)8-5-14)34-23-26-19(12-33-23)15-6-9-17(24)18(25)10-15/h4-10,12-13H,11H2,1-3H3. The van der Waals surface area contributed by atoms with Crippen molar-refractivity contribution in [1.29, 1.82) is 0 Å². The van der Waals surface area contributed by atoms with Crippen LogP contribution in [0.2, 0.25) is 10.0 Å². The Hall–Kier alpha value is -2.59. The Labute approximate surface area is 215 Å². The number of hydrogen-bond acceptors (Lipinski definition) is 8. The van der Waals surface area contributed by atoms with Gasteiger partial charge in [0.15, 0.2) is 4.34 Å². The van der Waals surface area contributed by atoms with Gasteiger partial charge in [0.25, 0.3) is 0 Å². The zero-order valence-electron chi connectivity index (χ0n) is 18.5. The molecule has 11 heteroatoms. The first-order chi connectivity index (χ1) is 16.3. The molecule has 4 rings (SSSR count). The number of hydrogen-bond donors (Lipinski definition) is 0. The van der Waals surface area contributed by atoms with Crippen LogP contribution in [0.1, 0.15) is 29.9 Å². The van der Waals surface area contributed by atoms with Crippen LogP contribution in [0.5, 0.6) is 5.75 Å². The van der Waals surface area contributed by atoms with Crippen molar-refractivity contribution in [2.75, 3.05) is 7.11 Å². The maximum atomic E-state index is 12.7. The quantitative estimate of drug-likeness (QED) is 0.239. The molecule has 2 heterocycles. The fourth-order valence-electron chi connectivity index (χ4n) is 2.99. The number of nitrogens with zero attached hydrogens (tertiary/aromatic N) is 4. The molecule has 0 aliphatic rings. The topological polar surface area (TPSA) is 79.1 Å². The van der Waals surface area contributed by atoms with E-state index in [0.29, 0.717) is 21.6 Å². The van der Waals surface area contributed by atoms with Gasteiger partial charge in [-0.1, -0.05) is 46.6 Å². The van der Waals surface area contributed by atoms with E-state index in [2.05, 4.69) is 10.3 Å². The lowest BCUT2D eigenvalue weighted by atomic mass is 10.2. The molecular weight excluding hydrogens is 515 g/mol. The first-order valence-corrected chi connectivity index (χ1v) is 12.7. The summed E-state index contributed by atoms with van der Waals surface area (Å²) in [6.07, 6.45) is -0.279. The molecule has 0 bridgehead atoms. The number of rotatable bonds is 8. The van der Waals surface area contributed by atoms with E-state index in [-0.39, 0.29) is 11.8 Å². The lowest BCUT2D eigenvalue weighted by Crippen LogP contribution is -2.13. The van der Waals surface area contributed by atoms with Crippen LogP contribution in [-0.4, -0.2) is 39.2 Å². The predicted octanol–water partition coefficient (Wildman–Crippen LogP) is 6.48. The Balaban J connectivity index is 1.64. The molecule has 0 saturated heterocycles. The highest BCUT2D eigenvalue weighted by atomic mass is 35.5. The maximum Gasteiger partial charge on any atom is 0.362 e. The van der Waals surface area contributed by atoms with E-state index >= 15 is 0 Å². The highest BCUT2D eigenvalue weighted by Crippen LogP contribution is 2.36. The maximum absolute atomic E-state index is 12.7. The lowest BCUT2D eigenvalue weighted by Gasteiger charge is -2.09. The highest BCUT2D eigenvalue weighted by Gasteiger charge is 2.24. The second kappa shape index (κ2) is 10.8. The van der Waals surface area contributed by atoms with Crippen molar-refractivity contribution in [2.24, 2.45) is 0 Å². The molecule has 0 fully saturated rings. The number of carbonyl (C=O) groups is 1. The third-order valence-corrected chi connectivity index (χ3v) is 7.37. The Bertz CT molecular complexity index is 1310. The molecule has 0 spiro atoms. The number of aromatic nitrogens is 4. The number of carbonyl (C=O) groups excluding carboxylic acids is 1. The molecule has 2 aromatic carbocycles. The van der Waals surface area contributed by atoms with Gasteiger partial charge in [-0.3, -0.25) is 0 Å². The normalized spacial score (nSPS) is 11.1. The third kappa shape index (κ3) is 5.72. The summed E-state index contributed by atoms with van der Waals surface area (Å²) in [6, 6.07) is 13.0. The second-order valence-corrected chi connectivity index (χ2v) is 10.3. The van der Waals surface area contributed by atoms with Crippen molar-refractivity contribution < 1.29 is 14.3 Å². The van der Waals surface area contributed by atoms with E-state index in [0.717, 1.165) is 26.9 Å². The van der Waals surface area contributed by atoms with Crippen molar-refractivity contribution in [1.82, 2.24) is 20.0 Å². The van der Waals surface area contributed by atoms with Crippen LogP contribution in [0, 0.1) is 0 Å². The minimum absolute atomic E-state index is 0.151. The van der Waals surface area contributed by atoms with E-state index < -0.39 is 5.97 Å². The molecule has 176 valence electrons. The van der Waals surface area contributed by atoms with Crippen LogP contribution in [0.25, 0.3) is 11.3 Å². The summed E-state index contributed by atoms with van der Waals surface area (Å²) >= 11 is 14.9. The van der Waals surface area contributed by atoms with Gasteiger partial charge in [-0.25, -0.2) is 14.5 Å². The Morgan fingerprint density at radius 2 is 1.91 bits per heavy atom. The Morgan fingerprint density at radius 1 is 1.15 bits per heavy atom. The van der Waals surface area contributed by atoms with Gasteiger partial charge in [0.05, 0.1) is 35.5 Å². The Morgan fingerprint density at radius 3 is 2.59 bits per heavy atom. The molecule has 0 N–H and O–H groups in total. The van der Waals surface area contributed by atoms with Crippen molar-refractivity contribution in [3.63, 3.8) is 0 Å². The van der Waals surface area contributed by atoms with Crippen LogP contribution >= 0.6 is 46.3 Å². The van der Waals surface area contributed by atoms with Gasteiger partial charge in [0.1, 0.15) is 10.8 Å². The number of benzene rings is 2. The minimum atomic E-state index is -0.528. The van der Waals surface area contributed by atoms with E-state index in [1.165, 1.54) is 23.1 Å². The number of thiazole rings is 1. The summed E-state index contributed by atoms with van der Waals surface area (Å²) in [5, 5.41) is 11.8. The summed E-state index contributed by atoms with van der Waals surface area (Å²) in [5.41, 5.74) is 2.74. The molecule has 0 radical (unpaired) electrons. The molecule has 2 aromatic heterocycles. The van der Waals surface area contributed by atoms with Gasteiger partial charge in [-0.2, -0.15) is 0 Å². The average Bonchev–Trinajstić information content (AvgIpc) is 3.43. The van der Waals surface area contributed by atoms with Crippen molar-refractivity contribution in [2.45, 2.75) is 35.9 Å². The fourth-order valence-corrected chi connectivity index (χ4v) is 5.15. The van der Waals surface area contributed by atoms with Crippen molar-refractivity contribution in [3.8, 4) is 17.0 Å². The zero-order valence-corrected chi connectivity index (χ0v) is 21.6. The molecule has 0 aliphatic heterocycles. The summed E-state index contributed by atoms with van der Waals surface area (Å²) in [6.45, 7) is 3.99. The number of methoxy groups -OCH3 is 1. The van der Waals surface area contributed by atoms with Crippen molar-refractivity contribution >= 4 is 52.3 Å². The lowest BCUT2D eigenvalue weighted by molar-refractivity contribution is 0.0366. The number of ether oxygens (including phenoxy) is 2. The molecule has 0 atom stereocenters. The second-order valence-electron chi connectivity index (χ2n) is 7.43. The van der Waals surface area contributed by atoms with Gasteiger partial charge < -0.3 is 9.47 Å². The molecular formula is C23H20Cl2N4O3S2. The molecule has 0 saturated carbocycles. The summed E-state index contributed by atoms with van der Waals surface area (Å²) in [7, 11) is 1.62. The van der Waals surface area contributed by atoms with Crippen LogP contribution < -0.4 is 4.74 Å². The highest BCUT2D eigenvalue weighted by molar-refractivity contribution is 8.01. The van der Waals surface area contributed by atoms with Crippen LogP contribution in [0.3, 0.4) is 0 Å². The van der Waals surface area contributed by atoms with Crippen LogP contribution in [-0.2, 0) is 11.3 Å². The van der Waals surface area contributed by atoms with E-state index in [1.807, 2.05) is 35.7 Å². The van der Waals surface area contributed by atoms with Gasteiger partial charge in [0.2, 0.25) is 5.69 Å². The van der Waals surface area contributed by atoms with Crippen molar-refractivity contribution in [3.05, 3.63) is 69.1 Å². The number of esters is 1. The van der Waals surface area contributed by atoms with Gasteiger partial charge in [-0.15, -0.1) is 16.4 Å². The molecule has 0 amide bonds. The van der Waals surface area contributed by atoms with E-state index in [1.54, 1.807) is 37.8 Å². The molecule has 0 unspecified atom stereocenters. The zero-order chi connectivity index (χ0) is 24.2. The monoisotopic (exact) mass is 534 g/mol. The van der Waals surface area contributed by atoms with E-state index in [9.17, 15) is 4.79 Å². The fraction of sp³-hybridized carbons (Fsp3) is 0.217. The van der Waals surface area contributed by atoms with Gasteiger partial charge in [0, 0.05) is 10.9 Å². The summed E-state index contributed by atoms with van der Waals surface area (Å²) < 4.78 is 13.0. The Kier molecular flexibility index (Phi) is 7.77. The number of halogens is 2. The molecule has 4 aromatic rings. The average molecular weight is 535 g/mol. The predicted molar refractivity (Wildman–Crippen MR) is 134 cm³/mol. The SMILES string of the molecule is COc1ccc(Cn2nnc(C(=O)OC(C)C)c2Sc2nc(-c3ccc(Cl)c(Cl)c3)cs2)cc1. The minimum Gasteiger partial charge on any atom is -0.497 e. The molecule has 7 nitrogen and oxygen atoms in total. The molecule has 34 heavy (non-hydrogen) atoms. The third-order valence-electron chi connectivity index (χ3n) is 4.60. The summed E-state index contributed by atoms with van der Waals surface area (Å²) in [5.74, 6) is 0.232. The summed E-state index contributed by atoms with van der Waals surface area (Å²) in [4.78, 5) is 17.4. The van der Waals surface area contributed by atoms with Gasteiger partial charge in [-0.05, 0) is 55.4 Å². The first-order valence-electron chi connectivity index (χ1n) is 10.2. The smallest absolute Gasteiger partial charge is 0.362 e. The van der Waals surface area contributed by atoms with Gasteiger partial charge >= 0.3 is 5.97 Å². The first kappa shape index (κ1) is 24.5.